The first-order valence-corrected chi connectivity index (χ1v) is 7.93. The van der Waals surface area contributed by atoms with Gasteiger partial charge in [-0.15, -0.1) is 0 Å². The fourth-order valence-electron chi connectivity index (χ4n) is 3.19. The Hall–Kier alpha value is -1.37. The second kappa shape index (κ2) is 7.26. The van der Waals surface area contributed by atoms with Gasteiger partial charge >= 0.3 is 0 Å². The number of rotatable bonds is 5. The van der Waals surface area contributed by atoms with Gasteiger partial charge in [-0.25, -0.2) is 0 Å². The fraction of sp³-hybridized carbons (Fsp3) is 0.688. The van der Waals surface area contributed by atoms with Gasteiger partial charge in [0.2, 0.25) is 5.43 Å². The van der Waals surface area contributed by atoms with Crippen molar-refractivity contribution in [3.8, 4) is 5.75 Å². The Kier molecular flexibility index (Phi) is 5.61. The number of hydrogen-bond acceptors (Lipinski definition) is 5. The molecule has 2 heterocycles. The number of aromatic hydroxyl groups is 1. The van der Waals surface area contributed by atoms with Crippen LogP contribution in [0.15, 0.2) is 10.9 Å². The molecule has 1 fully saturated rings. The number of nitrogens with zero attached hydrogens (tertiary/aromatic N) is 3. The molecule has 0 spiro atoms. The van der Waals surface area contributed by atoms with Crippen molar-refractivity contribution in [2.75, 3.05) is 39.3 Å². The largest absolute Gasteiger partial charge is 0.503 e. The summed E-state index contributed by atoms with van der Waals surface area (Å²) in [6.45, 7) is 11.0. The maximum absolute atomic E-state index is 11.9. The highest BCUT2D eigenvalue weighted by atomic mass is 16.3. The van der Waals surface area contributed by atoms with Crippen molar-refractivity contribution in [2.24, 2.45) is 0 Å². The summed E-state index contributed by atoms with van der Waals surface area (Å²) in [6, 6.07) is 1.69. The van der Waals surface area contributed by atoms with E-state index in [1.807, 2.05) is 11.5 Å². The Labute approximate surface area is 131 Å². The van der Waals surface area contributed by atoms with Gasteiger partial charge in [-0.3, -0.25) is 14.6 Å². The van der Waals surface area contributed by atoms with E-state index in [0.29, 0.717) is 18.8 Å². The number of aromatic nitrogens is 1. The highest BCUT2D eigenvalue weighted by Crippen LogP contribution is 2.21. The molecule has 2 N–H and O–H groups in total. The van der Waals surface area contributed by atoms with Crippen LogP contribution in [-0.2, 0) is 6.54 Å². The molecular formula is C16H27N3O3. The van der Waals surface area contributed by atoms with Gasteiger partial charge in [-0.1, -0.05) is 0 Å². The monoisotopic (exact) mass is 309 g/mol. The molecule has 1 aromatic heterocycles. The third-order valence-corrected chi connectivity index (χ3v) is 4.29. The van der Waals surface area contributed by atoms with Crippen molar-refractivity contribution < 1.29 is 10.2 Å². The first-order chi connectivity index (χ1) is 10.4. The van der Waals surface area contributed by atoms with Crippen LogP contribution in [-0.4, -0.2) is 63.9 Å². The van der Waals surface area contributed by atoms with Crippen molar-refractivity contribution in [2.45, 2.75) is 33.4 Å². The van der Waals surface area contributed by atoms with Gasteiger partial charge in [0.1, 0.15) is 0 Å². The van der Waals surface area contributed by atoms with E-state index < -0.39 is 0 Å². The molecule has 1 aliphatic heterocycles. The van der Waals surface area contributed by atoms with Crippen molar-refractivity contribution in [3.63, 3.8) is 0 Å². The summed E-state index contributed by atoms with van der Waals surface area (Å²) in [6.07, 6.45) is 0. The molecule has 0 unspecified atom stereocenters. The Bertz CT molecular complexity index is 560. The van der Waals surface area contributed by atoms with E-state index in [1.165, 1.54) is 6.07 Å². The number of hydrogen-bond donors (Lipinski definition) is 2. The number of aryl methyl sites for hydroxylation is 1. The van der Waals surface area contributed by atoms with Crippen LogP contribution in [0.25, 0.3) is 0 Å². The van der Waals surface area contributed by atoms with Gasteiger partial charge in [0, 0.05) is 57.1 Å². The Morgan fingerprint density at radius 1 is 1.18 bits per heavy atom. The zero-order chi connectivity index (χ0) is 16.3. The van der Waals surface area contributed by atoms with Crippen LogP contribution in [0.3, 0.4) is 0 Å². The first-order valence-electron chi connectivity index (χ1n) is 7.93. The minimum absolute atomic E-state index is 0.128. The molecule has 1 aliphatic rings. The maximum atomic E-state index is 11.9. The molecule has 0 radical (unpaired) electrons. The SMILES string of the molecule is Cc1cc(=O)c(O)c(CN2CCN(CCO)CC2)n1C(C)C. The molecule has 0 saturated carbocycles. The van der Waals surface area contributed by atoms with Gasteiger partial charge in [0.05, 0.1) is 12.3 Å². The second-order valence-electron chi connectivity index (χ2n) is 6.25. The zero-order valence-corrected chi connectivity index (χ0v) is 13.7. The molecule has 0 aliphatic carbocycles. The molecule has 6 nitrogen and oxygen atoms in total. The van der Waals surface area contributed by atoms with Crippen molar-refractivity contribution in [1.29, 1.82) is 0 Å². The van der Waals surface area contributed by atoms with Crippen LogP contribution >= 0.6 is 0 Å². The fourth-order valence-corrected chi connectivity index (χ4v) is 3.19. The van der Waals surface area contributed by atoms with Crippen LogP contribution in [0, 0.1) is 6.92 Å². The van der Waals surface area contributed by atoms with E-state index >= 15 is 0 Å². The predicted molar refractivity (Wildman–Crippen MR) is 86.3 cm³/mol. The zero-order valence-electron chi connectivity index (χ0n) is 13.7. The third-order valence-electron chi connectivity index (χ3n) is 4.29. The lowest BCUT2D eigenvalue weighted by Crippen LogP contribution is -2.47. The average Bonchev–Trinajstić information content (AvgIpc) is 2.46. The summed E-state index contributed by atoms with van der Waals surface area (Å²) < 4.78 is 2.04. The summed E-state index contributed by atoms with van der Waals surface area (Å²) >= 11 is 0. The van der Waals surface area contributed by atoms with E-state index in [2.05, 4.69) is 23.6 Å². The number of pyridine rings is 1. The van der Waals surface area contributed by atoms with E-state index in [1.54, 1.807) is 0 Å². The minimum Gasteiger partial charge on any atom is -0.503 e. The number of aliphatic hydroxyl groups excluding tert-OH is 1. The highest BCUT2D eigenvalue weighted by molar-refractivity contribution is 5.30. The summed E-state index contributed by atoms with van der Waals surface area (Å²) in [5, 5.41) is 19.2. The molecule has 1 aromatic rings. The molecule has 124 valence electrons. The smallest absolute Gasteiger partial charge is 0.223 e. The molecule has 1 saturated heterocycles. The van der Waals surface area contributed by atoms with E-state index in [0.717, 1.165) is 31.9 Å². The summed E-state index contributed by atoms with van der Waals surface area (Å²) in [7, 11) is 0. The lowest BCUT2D eigenvalue weighted by molar-refractivity contribution is 0.106. The van der Waals surface area contributed by atoms with Crippen LogP contribution in [0.1, 0.15) is 31.3 Å². The normalized spacial score (nSPS) is 17.3. The molecule has 0 amide bonds. The summed E-state index contributed by atoms with van der Waals surface area (Å²) in [5.41, 5.74) is 1.28. The molecule has 0 aromatic carbocycles. The van der Waals surface area contributed by atoms with Crippen molar-refractivity contribution in [3.05, 3.63) is 27.7 Å². The van der Waals surface area contributed by atoms with Gasteiger partial charge < -0.3 is 14.8 Å². The number of β-amino-alcohol motifs (C(OH)–C–C–N with tert-alkyl or cyclic N) is 1. The van der Waals surface area contributed by atoms with Gasteiger partial charge in [-0.05, 0) is 20.8 Å². The van der Waals surface area contributed by atoms with E-state index in [-0.39, 0.29) is 23.8 Å². The molecule has 0 bridgehead atoms. The Balaban J connectivity index is 2.18. The lowest BCUT2D eigenvalue weighted by Gasteiger charge is -2.35. The molecule has 0 atom stereocenters. The second-order valence-corrected chi connectivity index (χ2v) is 6.25. The maximum Gasteiger partial charge on any atom is 0.223 e. The minimum atomic E-state index is -0.302. The Morgan fingerprint density at radius 3 is 2.32 bits per heavy atom. The topological polar surface area (TPSA) is 68.9 Å². The van der Waals surface area contributed by atoms with Gasteiger partial charge in [-0.2, -0.15) is 0 Å². The van der Waals surface area contributed by atoms with Gasteiger partial charge in [0.15, 0.2) is 5.75 Å². The first kappa shape index (κ1) is 17.0. The van der Waals surface area contributed by atoms with Crippen molar-refractivity contribution >= 4 is 0 Å². The molecule has 6 heteroatoms. The van der Waals surface area contributed by atoms with Crippen LogP contribution < -0.4 is 5.43 Å². The standard InChI is InChI=1S/C16H27N3O3/c1-12(2)19-13(3)10-15(21)16(22)14(19)11-18-6-4-17(5-7-18)8-9-20/h10,12,20,22H,4-9,11H2,1-3H3. The van der Waals surface area contributed by atoms with Crippen LogP contribution in [0.5, 0.6) is 5.75 Å². The predicted octanol–water partition coefficient (Wildman–Crippen LogP) is 0.553. The highest BCUT2D eigenvalue weighted by Gasteiger charge is 2.21. The van der Waals surface area contributed by atoms with Crippen LogP contribution in [0.2, 0.25) is 0 Å². The Morgan fingerprint density at radius 2 is 1.77 bits per heavy atom. The molecule has 2 rings (SSSR count). The van der Waals surface area contributed by atoms with E-state index in [4.69, 9.17) is 5.11 Å². The quantitative estimate of drug-likeness (QED) is 0.831. The van der Waals surface area contributed by atoms with Crippen molar-refractivity contribution in [1.82, 2.24) is 14.4 Å². The number of aliphatic hydroxyl groups is 1. The summed E-state index contributed by atoms with van der Waals surface area (Å²) in [4.78, 5) is 16.4. The number of piperazine rings is 1. The van der Waals surface area contributed by atoms with Gasteiger partial charge in [0.25, 0.3) is 0 Å². The molecular weight excluding hydrogens is 282 g/mol. The summed E-state index contributed by atoms with van der Waals surface area (Å²) in [5.74, 6) is -0.128. The average molecular weight is 309 g/mol. The third kappa shape index (κ3) is 3.69. The molecule has 22 heavy (non-hydrogen) atoms. The van der Waals surface area contributed by atoms with Crippen LogP contribution in [0.4, 0.5) is 0 Å². The van der Waals surface area contributed by atoms with E-state index in [9.17, 15) is 9.90 Å². The lowest BCUT2D eigenvalue weighted by atomic mass is 10.2.